The first-order chi connectivity index (χ1) is 18.8. The zero-order valence-corrected chi connectivity index (χ0v) is 24.1. The summed E-state index contributed by atoms with van der Waals surface area (Å²) >= 11 is 5.94. The van der Waals surface area contributed by atoms with E-state index < -0.39 is 16.4 Å². The lowest BCUT2D eigenvalue weighted by molar-refractivity contribution is -0.384. The number of ether oxygens (including phenoxy) is 1. The molecule has 0 bridgehead atoms. The van der Waals surface area contributed by atoms with Gasteiger partial charge < -0.3 is 15.0 Å². The van der Waals surface area contributed by atoms with Gasteiger partial charge in [-0.3, -0.25) is 14.9 Å². The van der Waals surface area contributed by atoms with E-state index in [0.717, 1.165) is 11.4 Å². The summed E-state index contributed by atoms with van der Waals surface area (Å²) in [5.41, 5.74) is 2.45. The van der Waals surface area contributed by atoms with Crippen molar-refractivity contribution in [2.45, 2.75) is 64.9 Å². The average molecular weight is 568 g/mol. The molecule has 0 saturated carbocycles. The Labute approximate surface area is 238 Å². The van der Waals surface area contributed by atoms with Gasteiger partial charge in [0, 0.05) is 30.8 Å². The minimum Gasteiger partial charge on any atom is -0.444 e. The highest BCUT2D eigenvalue weighted by molar-refractivity contribution is 6.32. The van der Waals surface area contributed by atoms with Crippen LogP contribution in [0.1, 0.15) is 80.9 Å². The molecular weight excluding hydrogens is 534 g/mol. The zero-order chi connectivity index (χ0) is 29.2. The molecule has 11 heteroatoms. The van der Waals surface area contributed by atoms with Gasteiger partial charge in [-0.25, -0.2) is 9.48 Å². The number of nitrogens with one attached hydrogen (secondary N) is 1. The summed E-state index contributed by atoms with van der Waals surface area (Å²) in [5.74, 6) is -0.134. The second-order valence-electron chi connectivity index (χ2n) is 11.2. The molecule has 0 radical (unpaired) electrons. The number of anilines is 1. The number of rotatable bonds is 6. The average Bonchev–Trinajstić information content (AvgIpc) is 3.34. The first-order valence-electron chi connectivity index (χ1n) is 13.3. The van der Waals surface area contributed by atoms with Crippen molar-refractivity contribution in [3.63, 3.8) is 0 Å². The molecule has 1 aliphatic rings. The van der Waals surface area contributed by atoms with Crippen LogP contribution in [0, 0.1) is 10.1 Å². The van der Waals surface area contributed by atoms with Gasteiger partial charge in [0.05, 0.1) is 28.1 Å². The SMILES string of the molecule is CC(C)c1ccc(-n2ncc(C(=O)Nc3ccc(Cl)c([N+](=O)[O-])c3)c2C2CCN(C(=O)OC(C)(C)C)CC2)cc1. The van der Waals surface area contributed by atoms with Crippen LogP contribution in [0.4, 0.5) is 16.2 Å². The molecule has 2 aromatic carbocycles. The number of aromatic nitrogens is 2. The number of nitro benzene ring substituents is 1. The number of amides is 2. The number of piperidine rings is 1. The van der Waals surface area contributed by atoms with Crippen LogP contribution in [0.25, 0.3) is 5.69 Å². The van der Waals surface area contributed by atoms with Gasteiger partial charge in [0.15, 0.2) is 0 Å². The molecule has 0 aliphatic carbocycles. The van der Waals surface area contributed by atoms with Crippen molar-refractivity contribution in [2.75, 3.05) is 18.4 Å². The van der Waals surface area contributed by atoms with Crippen LogP contribution < -0.4 is 5.32 Å². The van der Waals surface area contributed by atoms with Crippen molar-refractivity contribution < 1.29 is 19.2 Å². The lowest BCUT2D eigenvalue weighted by Crippen LogP contribution is -2.41. The Bertz CT molecular complexity index is 1400. The second kappa shape index (κ2) is 11.7. The lowest BCUT2D eigenvalue weighted by Gasteiger charge is -2.34. The van der Waals surface area contributed by atoms with Crippen molar-refractivity contribution in [1.29, 1.82) is 0 Å². The Kier molecular flexibility index (Phi) is 8.48. The minimum absolute atomic E-state index is 0.0156. The van der Waals surface area contributed by atoms with E-state index in [1.807, 2.05) is 45.0 Å². The second-order valence-corrected chi connectivity index (χ2v) is 11.6. The van der Waals surface area contributed by atoms with Crippen LogP contribution >= 0.6 is 11.6 Å². The van der Waals surface area contributed by atoms with Gasteiger partial charge in [0.2, 0.25) is 0 Å². The normalized spacial score (nSPS) is 14.3. The van der Waals surface area contributed by atoms with E-state index in [-0.39, 0.29) is 28.4 Å². The number of nitro groups is 1. The molecule has 1 fully saturated rings. The molecule has 3 aromatic rings. The number of hydrogen-bond donors (Lipinski definition) is 1. The maximum absolute atomic E-state index is 13.5. The van der Waals surface area contributed by atoms with E-state index in [9.17, 15) is 19.7 Å². The van der Waals surface area contributed by atoms with Gasteiger partial charge in [-0.15, -0.1) is 0 Å². The van der Waals surface area contributed by atoms with E-state index in [2.05, 4.69) is 24.3 Å². The van der Waals surface area contributed by atoms with Crippen LogP contribution in [0.5, 0.6) is 0 Å². The summed E-state index contributed by atoms with van der Waals surface area (Å²) in [6.45, 7) is 10.7. The molecule has 1 aromatic heterocycles. The number of nitrogens with zero attached hydrogens (tertiary/aromatic N) is 4. The largest absolute Gasteiger partial charge is 0.444 e. The molecular formula is C29H34ClN5O5. The van der Waals surface area contributed by atoms with Crippen molar-refractivity contribution in [2.24, 2.45) is 0 Å². The summed E-state index contributed by atoms with van der Waals surface area (Å²) in [4.78, 5) is 38.6. The molecule has 4 rings (SSSR count). The topological polar surface area (TPSA) is 120 Å². The Hall–Kier alpha value is -3.92. The Balaban J connectivity index is 1.65. The smallest absolute Gasteiger partial charge is 0.410 e. The van der Waals surface area contributed by atoms with Crippen molar-refractivity contribution in [3.8, 4) is 5.69 Å². The molecule has 0 atom stereocenters. The molecule has 2 heterocycles. The van der Waals surface area contributed by atoms with Crippen LogP contribution in [0.2, 0.25) is 5.02 Å². The Morgan fingerprint density at radius 2 is 1.77 bits per heavy atom. The van der Waals surface area contributed by atoms with Gasteiger partial charge in [-0.2, -0.15) is 5.10 Å². The molecule has 0 spiro atoms. The van der Waals surface area contributed by atoms with E-state index in [1.165, 1.54) is 30.0 Å². The fraction of sp³-hybridized carbons (Fsp3) is 0.414. The fourth-order valence-electron chi connectivity index (χ4n) is 4.72. The van der Waals surface area contributed by atoms with Gasteiger partial charge in [-0.05, 0) is 69.4 Å². The Morgan fingerprint density at radius 3 is 2.35 bits per heavy atom. The number of halogens is 1. The molecule has 40 heavy (non-hydrogen) atoms. The minimum atomic E-state index is -0.597. The molecule has 1 N–H and O–H groups in total. The van der Waals surface area contributed by atoms with E-state index in [1.54, 1.807) is 9.58 Å². The molecule has 10 nitrogen and oxygen atoms in total. The van der Waals surface area contributed by atoms with Crippen molar-refractivity contribution >= 4 is 35.0 Å². The summed E-state index contributed by atoms with van der Waals surface area (Å²) < 4.78 is 7.31. The monoisotopic (exact) mass is 567 g/mol. The van der Waals surface area contributed by atoms with Crippen molar-refractivity contribution in [3.05, 3.63) is 80.6 Å². The first-order valence-corrected chi connectivity index (χ1v) is 13.6. The third-order valence-electron chi connectivity index (χ3n) is 6.79. The molecule has 2 amide bonds. The number of carbonyl (C=O) groups excluding carboxylic acids is 2. The van der Waals surface area contributed by atoms with E-state index in [0.29, 0.717) is 37.4 Å². The van der Waals surface area contributed by atoms with E-state index >= 15 is 0 Å². The summed E-state index contributed by atoms with van der Waals surface area (Å²) in [5, 5.41) is 18.7. The van der Waals surface area contributed by atoms with Crippen LogP contribution in [0.15, 0.2) is 48.7 Å². The van der Waals surface area contributed by atoms with Crippen LogP contribution in [0.3, 0.4) is 0 Å². The highest BCUT2D eigenvalue weighted by atomic mass is 35.5. The standard InChI is InChI=1S/C29H34ClN5O5/c1-18(2)19-6-9-22(10-7-19)34-26(20-12-14-33(15-13-20)28(37)40-29(3,4)5)23(17-31-34)27(36)32-21-8-11-24(30)25(16-21)35(38)39/h6-11,16-18,20H,12-15H2,1-5H3,(H,32,36). The Morgan fingerprint density at radius 1 is 1.12 bits per heavy atom. The van der Waals surface area contributed by atoms with Crippen molar-refractivity contribution in [1.82, 2.24) is 14.7 Å². The lowest BCUT2D eigenvalue weighted by atomic mass is 9.90. The zero-order valence-electron chi connectivity index (χ0n) is 23.3. The van der Waals surface area contributed by atoms with E-state index in [4.69, 9.17) is 16.3 Å². The third-order valence-corrected chi connectivity index (χ3v) is 7.11. The quantitative estimate of drug-likeness (QED) is 0.255. The van der Waals surface area contributed by atoms with Gasteiger partial charge in [0.25, 0.3) is 11.6 Å². The molecule has 1 saturated heterocycles. The third kappa shape index (κ3) is 6.62. The predicted molar refractivity (Wildman–Crippen MR) is 153 cm³/mol. The first kappa shape index (κ1) is 29.1. The molecule has 1 aliphatic heterocycles. The number of benzene rings is 2. The van der Waals surface area contributed by atoms with Gasteiger partial charge in [0.1, 0.15) is 10.6 Å². The predicted octanol–water partition coefficient (Wildman–Crippen LogP) is 6.92. The summed E-state index contributed by atoms with van der Waals surface area (Å²) in [6.07, 6.45) is 2.39. The number of hydrogen-bond acceptors (Lipinski definition) is 6. The highest BCUT2D eigenvalue weighted by Crippen LogP contribution is 2.34. The number of likely N-dealkylation sites (tertiary alicyclic amines) is 1. The molecule has 0 unspecified atom stereocenters. The number of carbonyl (C=O) groups is 2. The van der Waals surface area contributed by atoms with Gasteiger partial charge >= 0.3 is 6.09 Å². The maximum Gasteiger partial charge on any atom is 0.410 e. The maximum atomic E-state index is 13.5. The highest BCUT2D eigenvalue weighted by Gasteiger charge is 2.32. The molecule has 212 valence electrons. The van der Waals surface area contributed by atoms with Crippen LogP contribution in [-0.4, -0.2) is 50.3 Å². The van der Waals surface area contributed by atoms with Gasteiger partial charge in [-0.1, -0.05) is 37.6 Å². The van der Waals surface area contributed by atoms with Crippen LogP contribution in [-0.2, 0) is 4.74 Å². The summed E-state index contributed by atoms with van der Waals surface area (Å²) in [7, 11) is 0. The fourth-order valence-corrected chi connectivity index (χ4v) is 4.91. The summed E-state index contributed by atoms with van der Waals surface area (Å²) in [6, 6.07) is 12.2.